The van der Waals surface area contributed by atoms with E-state index in [0.717, 1.165) is 17.0 Å². The highest BCUT2D eigenvalue weighted by molar-refractivity contribution is 7.80. The SMILES string of the molecule is COc1ccc(-n2nc3ccc(NC(=S)NC(=O)c4ccc5c(c4)OCO5)cc3n2)cc1. The largest absolute Gasteiger partial charge is 0.497 e. The van der Waals surface area contributed by atoms with Crippen molar-refractivity contribution in [1.82, 2.24) is 20.3 Å². The van der Waals surface area contributed by atoms with Crippen molar-refractivity contribution >= 4 is 40.0 Å². The standard InChI is InChI=1S/C22H17N5O4S/c1-29-16-6-4-15(5-7-16)27-25-17-8-3-14(11-18(17)26-27)23-22(32)24-21(28)13-2-9-19-20(10-13)31-12-30-19/h2-11H,12H2,1H3,(H2,23,24,28,32). The number of ether oxygens (including phenoxy) is 3. The number of benzene rings is 3. The monoisotopic (exact) mass is 447 g/mol. The van der Waals surface area contributed by atoms with Gasteiger partial charge in [0.05, 0.1) is 12.8 Å². The van der Waals surface area contributed by atoms with Crippen LogP contribution in [0.2, 0.25) is 0 Å². The number of fused-ring (bicyclic) bond motifs is 2. The fourth-order valence-corrected chi connectivity index (χ4v) is 3.41. The summed E-state index contributed by atoms with van der Waals surface area (Å²) in [7, 11) is 1.62. The summed E-state index contributed by atoms with van der Waals surface area (Å²) in [5.74, 6) is 1.54. The lowest BCUT2D eigenvalue weighted by atomic mass is 10.2. The number of nitrogens with one attached hydrogen (secondary N) is 2. The molecule has 0 aliphatic carbocycles. The van der Waals surface area contributed by atoms with Gasteiger partial charge in [-0.05, 0) is 72.9 Å². The summed E-state index contributed by atoms with van der Waals surface area (Å²) in [6, 6.07) is 17.8. The van der Waals surface area contributed by atoms with Crippen molar-refractivity contribution in [2.45, 2.75) is 0 Å². The Morgan fingerprint density at radius 2 is 1.78 bits per heavy atom. The third kappa shape index (κ3) is 3.91. The van der Waals surface area contributed by atoms with Gasteiger partial charge in [0.1, 0.15) is 16.8 Å². The topological polar surface area (TPSA) is 99.5 Å². The maximum Gasteiger partial charge on any atom is 0.257 e. The molecular weight excluding hydrogens is 430 g/mol. The second-order valence-corrected chi connectivity index (χ2v) is 7.28. The highest BCUT2D eigenvalue weighted by Crippen LogP contribution is 2.32. The van der Waals surface area contributed by atoms with E-state index in [1.54, 1.807) is 36.2 Å². The van der Waals surface area contributed by atoms with E-state index >= 15 is 0 Å². The van der Waals surface area contributed by atoms with Crippen LogP contribution in [0, 0.1) is 0 Å². The highest BCUT2D eigenvalue weighted by Gasteiger charge is 2.17. The summed E-state index contributed by atoms with van der Waals surface area (Å²) in [5.41, 5.74) is 3.30. The van der Waals surface area contributed by atoms with Crippen molar-refractivity contribution < 1.29 is 19.0 Å². The van der Waals surface area contributed by atoms with Gasteiger partial charge < -0.3 is 19.5 Å². The molecule has 0 saturated heterocycles. The van der Waals surface area contributed by atoms with Crippen LogP contribution < -0.4 is 24.8 Å². The van der Waals surface area contributed by atoms with Crippen LogP contribution in [-0.4, -0.2) is 39.9 Å². The molecule has 160 valence electrons. The third-order valence-electron chi connectivity index (χ3n) is 4.80. The summed E-state index contributed by atoms with van der Waals surface area (Å²) in [5, 5.41) is 14.8. The molecule has 1 aliphatic rings. The van der Waals surface area contributed by atoms with Crippen LogP contribution in [0.4, 0.5) is 5.69 Å². The summed E-state index contributed by atoms with van der Waals surface area (Å²) in [4.78, 5) is 14.0. The van der Waals surface area contributed by atoms with Gasteiger partial charge in [0.25, 0.3) is 5.91 Å². The van der Waals surface area contributed by atoms with Gasteiger partial charge in [0.15, 0.2) is 16.6 Å². The van der Waals surface area contributed by atoms with E-state index in [-0.39, 0.29) is 17.8 Å². The van der Waals surface area contributed by atoms with Crippen molar-refractivity contribution in [1.29, 1.82) is 0 Å². The molecule has 9 nitrogen and oxygen atoms in total. The molecule has 0 atom stereocenters. The zero-order valence-corrected chi connectivity index (χ0v) is 17.7. The van der Waals surface area contributed by atoms with E-state index in [1.165, 1.54) is 0 Å². The number of methoxy groups -OCH3 is 1. The van der Waals surface area contributed by atoms with Gasteiger partial charge in [-0.2, -0.15) is 4.80 Å². The van der Waals surface area contributed by atoms with Crippen molar-refractivity contribution in [2.24, 2.45) is 0 Å². The predicted octanol–water partition coefficient (Wildman–Crippen LogP) is 3.28. The van der Waals surface area contributed by atoms with Gasteiger partial charge >= 0.3 is 0 Å². The first kappa shape index (κ1) is 19.8. The van der Waals surface area contributed by atoms with Crippen LogP contribution in [-0.2, 0) is 0 Å². The number of rotatable bonds is 4. The molecule has 0 unspecified atom stereocenters. The van der Waals surface area contributed by atoms with Gasteiger partial charge in [0.2, 0.25) is 6.79 Å². The van der Waals surface area contributed by atoms with Gasteiger partial charge in [-0.1, -0.05) is 0 Å². The number of carbonyl (C=O) groups excluding carboxylic acids is 1. The Morgan fingerprint density at radius 1 is 1.00 bits per heavy atom. The van der Waals surface area contributed by atoms with Crippen LogP contribution >= 0.6 is 12.2 Å². The zero-order valence-electron chi connectivity index (χ0n) is 16.9. The summed E-state index contributed by atoms with van der Waals surface area (Å²) < 4.78 is 15.7. The number of hydrogen-bond acceptors (Lipinski definition) is 7. The minimum Gasteiger partial charge on any atom is -0.497 e. The van der Waals surface area contributed by atoms with Gasteiger partial charge in [-0.15, -0.1) is 10.2 Å². The van der Waals surface area contributed by atoms with E-state index < -0.39 is 0 Å². The fraction of sp³-hybridized carbons (Fsp3) is 0.0909. The Labute approximate surface area is 187 Å². The summed E-state index contributed by atoms with van der Waals surface area (Å²) in [6.45, 7) is 0.145. The maximum absolute atomic E-state index is 12.5. The molecular formula is C22H17N5O4S. The number of nitrogens with zero attached hydrogens (tertiary/aromatic N) is 3. The zero-order chi connectivity index (χ0) is 22.1. The first-order chi connectivity index (χ1) is 15.6. The molecule has 0 spiro atoms. The smallest absolute Gasteiger partial charge is 0.257 e. The Hall–Kier alpha value is -4.18. The summed E-state index contributed by atoms with van der Waals surface area (Å²) in [6.07, 6.45) is 0. The number of anilines is 1. The first-order valence-electron chi connectivity index (χ1n) is 9.62. The maximum atomic E-state index is 12.5. The van der Waals surface area contributed by atoms with Crippen LogP contribution in [0.3, 0.4) is 0 Å². The average molecular weight is 447 g/mol. The fourth-order valence-electron chi connectivity index (χ4n) is 3.20. The molecule has 0 fully saturated rings. The molecule has 10 heteroatoms. The van der Waals surface area contributed by atoms with Crippen molar-refractivity contribution in [2.75, 3.05) is 19.2 Å². The van der Waals surface area contributed by atoms with E-state index in [0.29, 0.717) is 28.3 Å². The van der Waals surface area contributed by atoms with Crippen LogP contribution in [0.1, 0.15) is 10.4 Å². The second-order valence-electron chi connectivity index (χ2n) is 6.87. The average Bonchev–Trinajstić information content (AvgIpc) is 3.45. The van der Waals surface area contributed by atoms with Crippen molar-refractivity contribution in [3.63, 3.8) is 0 Å². The van der Waals surface area contributed by atoms with Gasteiger partial charge in [-0.25, -0.2) is 0 Å². The van der Waals surface area contributed by atoms with Crippen LogP contribution in [0.15, 0.2) is 60.7 Å². The highest BCUT2D eigenvalue weighted by atomic mass is 32.1. The normalized spacial score (nSPS) is 11.9. The van der Waals surface area contributed by atoms with Crippen molar-refractivity contribution in [3.8, 4) is 22.9 Å². The van der Waals surface area contributed by atoms with Gasteiger partial charge in [0, 0.05) is 11.3 Å². The summed E-state index contributed by atoms with van der Waals surface area (Å²) >= 11 is 5.29. The predicted molar refractivity (Wildman–Crippen MR) is 122 cm³/mol. The lowest BCUT2D eigenvalue weighted by Crippen LogP contribution is -2.34. The second kappa shape index (κ2) is 8.16. The number of aromatic nitrogens is 3. The Morgan fingerprint density at radius 3 is 2.59 bits per heavy atom. The minimum atomic E-state index is -0.354. The van der Waals surface area contributed by atoms with E-state index in [4.69, 9.17) is 26.4 Å². The lowest BCUT2D eigenvalue weighted by molar-refractivity contribution is 0.0977. The van der Waals surface area contributed by atoms with E-state index in [1.807, 2.05) is 36.4 Å². The number of thiocarbonyl (C=S) groups is 1. The van der Waals surface area contributed by atoms with E-state index in [9.17, 15) is 4.79 Å². The van der Waals surface area contributed by atoms with E-state index in [2.05, 4.69) is 20.8 Å². The molecule has 0 bridgehead atoms. The molecule has 3 aromatic carbocycles. The molecule has 1 aromatic heterocycles. The molecule has 1 amide bonds. The molecule has 32 heavy (non-hydrogen) atoms. The number of carbonyl (C=O) groups is 1. The molecule has 2 heterocycles. The Bertz CT molecular complexity index is 1340. The van der Waals surface area contributed by atoms with Crippen LogP contribution in [0.5, 0.6) is 17.2 Å². The minimum absolute atomic E-state index is 0.145. The molecule has 5 rings (SSSR count). The molecule has 1 aliphatic heterocycles. The van der Waals surface area contributed by atoms with Crippen LogP contribution in [0.25, 0.3) is 16.7 Å². The van der Waals surface area contributed by atoms with Gasteiger partial charge in [-0.3, -0.25) is 10.1 Å². The molecule has 4 aromatic rings. The first-order valence-corrected chi connectivity index (χ1v) is 10.0. The third-order valence-corrected chi connectivity index (χ3v) is 5.01. The lowest BCUT2D eigenvalue weighted by Gasteiger charge is -2.09. The molecule has 0 saturated carbocycles. The Balaban J connectivity index is 1.28. The molecule has 2 N–H and O–H groups in total. The molecule has 0 radical (unpaired) electrons. The number of amides is 1. The number of hydrogen-bond donors (Lipinski definition) is 2. The van der Waals surface area contributed by atoms with Crippen molar-refractivity contribution in [3.05, 3.63) is 66.2 Å². The quantitative estimate of drug-likeness (QED) is 0.460. The Kier molecular flexibility index (Phi) is 5.04.